The van der Waals surface area contributed by atoms with Crippen molar-refractivity contribution in [2.24, 2.45) is 0 Å². The molecule has 4 rings (SSSR count). The van der Waals surface area contributed by atoms with Crippen molar-refractivity contribution in [1.29, 1.82) is 0 Å². The third kappa shape index (κ3) is 5.71. The summed E-state index contributed by atoms with van der Waals surface area (Å²) in [5.41, 5.74) is 5.01. The molecule has 1 aliphatic carbocycles. The molecule has 188 valence electrons. The van der Waals surface area contributed by atoms with Crippen molar-refractivity contribution in [3.05, 3.63) is 100 Å². The molecule has 0 bridgehead atoms. The van der Waals surface area contributed by atoms with Crippen molar-refractivity contribution < 1.29 is 23.5 Å². The number of halogens is 2. The van der Waals surface area contributed by atoms with Crippen LogP contribution in [0.5, 0.6) is 0 Å². The van der Waals surface area contributed by atoms with Crippen LogP contribution in [0, 0.1) is 6.92 Å². The Labute approximate surface area is 210 Å². The number of anilines is 1. The molecule has 1 aliphatic rings. The van der Waals surface area contributed by atoms with Gasteiger partial charge in [0.05, 0.1) is 0 Å². The molecule has 3 aromatic rings. The third-order valence-electron chi connectivity index (χ3n) is 6.73. The lowest BCUT2D eigenvalue weighted by atomic mass is 9.98. The van der Waals surface area contributed by atoms with Crippen LogP contribution in [0.2, 0.25) is 0 Å². The van der Waals surface area contributed by atoms with Gasteiger partial charge in [-0.05, 0) is 67.5 Å². The number of aryl methyl sites for hydroxylation is 1. The fraction of sp³-hybridized carbons (Fsp3) is 0.333. The molecule has 36 heavy (non-hydrogen) atoms. The SMILES string of the molecule is Cc1ccc(N(C)C(=O)c2ccc(CC(=O)Cc3ccc(C(F)(F)C(C)O)cc3)cc2)c(C2CC2)c1. The van der Waals surface area contributed by atoms with Gasteiger partial charge in [-0.1, -0.05) is 54.1 Å². The van der Waals surface area contributed by atoms with Gasteiger partial charge in [0.2, 0.25) is 0 Å². The number of hydrogen-bond acceptors (Lipinski definition) is 3. The highest BCUT2D eigenvalue weighted by atomic mass is 19.3. The molecule has 6 heteroatoms. The van der Waals surface area contributed by atoms with E-state index in [2.05, 4.69) is 13.0 Å². The average molecular weight is 492 g/mol. The summed E-state index contributed by atoms with van der Waals surface area (Å²) >= 11 is 0. The van der Waals surface area contributed by atoms with E-state index in [0.29, 0.717) is 17.0 Å². The van der Waals surface area contributed by atoms with Crippen LogP contribution in [0.4, 0.5) is 14.5 Å². The molecule has 3 aromatic carbocycles. The Morgan fingerprint density at radius 3 is 2.06 bits per heavy atom. The van der Waals surface area contributed by atoms with E-state index >= 15 is 0 Å². The van der Waals surface area contributed by atoms with Gasteiger partial charge >= 0.3 is 0 Å². The standard InChI is InChI=1S/C30H31F2NO3/c1-19-4-15-28(27(16-19)23-11-12-23)33(3)29(36)24-9-5-21(6-10-24)17-26(35)18-22-7-13-25(14-8-22)30(31,32)20(2)34/h4-10,13-16,20,23,34H,11-12,17-18H2,1-3H3. The summed E-state index contributed by atoms with van der Waals surface area (Å²) in [7, 11) is 1.79. The lowest BCUT2D eigenvalue weighted by Gasteiger charge is -2.21. The molecule has 1 N–H and O–H groups in total. The van der Waals surface area contributed by atoms with Gasteiger partial charge in [-0.25, -0.2) is 0 Å². The summed E-state index contributed by atoms with van der Waals surface area (Å²) in [5.74, 6) is -2.98. The van der Waals surface area contributed by atoms with Crippen molar-refractivity contribution in [3.8, 4) is 0 Å². The molecule has 1 unspecified atom stereocenters. The van der Waals surface area contributed by atoms with E-state index < -0.39 is 12.0 Å². The fourth-order valence-corrected chi connectivity index (χ4v) is 4.37. The van der Waals surface area contributed by atoms with E-state index in [4.69, 9.17) is 0 Å². The predicted molar refractivity (Wildman–Crippen MR) is 137 cm³/mol. The maximum atomic E-state index is 13.9. The Kier molecular flexibility index (Phi) is 7.36. The van der Waals surface area contributed by atoms with Crippen molar-refractivity contribution in [2.45, 2.75) is 57.5 Å². The summed E-state index contributed by atoms with van der Waals surface area (Å²) in [5, 5.41) is 9.27. The van der Waals surface area contributed by atoms with Crippen molar-refractivity contribution >= 4 is 17.4 Å². The first-order chi connectivity index (χ1) is 17.1. The lowest BCUT2D eigenvalue weighted by Crippen LogP contribution is -2.27. The van der Waals surface area contributed by atoms with Gasteiger partial charge in [0.25, 0.3) is 11.8 Å². The number of rotatable bonds is 9. The number of carbonyl (C=O) groups excluding carboxylic acids is 2. The summed E-state index contributed by atoms with van der Waals surface area (Å²) in [6.45, 7) is 3.10. The number of hydrogen-bond donors (Lipinski definition) is 1. The zero-order valence-corrected chi connectivity index (χ0v) is 20.8. The molecule has 0 radical (unpaired) electrons. The van der Waals surface area contributed by atoms with Crippen LogP contribution in [0.1, 0.15) is 63.9 Å². The highest BCUT2D eigenvalue weighted by Crippen LogP contribution is 2.44. The Hall–Kier alpha value is -3.38. The number of ketones is 1. The van der Waals surface area contributed by atoms with Gasteiger partial charge in [0.1, 0.15) is 11.9 Å². The van der Waals surface area contributed by atoms with Crippen LogP contribution in [-0.2, 0) is 23.6 Å². The van der Waals surface area contributed by atoms with Crippen molar-refractivity contribution in [3.63, 3.8) is 0 Å². The highest BCUT2D eigenvalue weighted by Gasteiger charge is 2.37. The minimum Gasteiger partial charge on any atom is -0.387 e. The van der Waals surface area contributed by atoms with Gasteiger partial charge in [-0.3, -0.25) is 9.59 Å². The fourth-order valence-electron chi connectivity index (χ4n) is 4.37. The van der Waals surface area contributed by atoms with Crippen LogP contribution in [0.3, 0.4) is 0 Å². The second-order valence-corrected chi connectivity index (χ2v) is 9.79. The Balaban J connectivity index is 1.38. The number of aliphatic hydroxyl groups is 1. The number of amides is 1. The first-order valence-electron chi connectivity index (χ1n) is 12.2. The topological polar surface area (TPSA) is 57.6 Å². The number of nitrogens with zero attached hydrogens (tertiary/aromatic N) is 1. The molecule has 0 spiro atoms. The van der Waals surface area contributed by atoms with E-state index in [1.807, 2.05) is 12.1 Å². The molecule has 1 fully saturated rings. The van der Waals surface area contributed by atoms with Crippen LogP contribution in [0.15, 0.2) is 66.7 Å². The molecular weight excluding hydrogens is 460 g/mol. The van der Waals surface area contributed by atoms with Gasteiger partial charge in [-0.15, -0.1) is 0 Å². The molecule has 1 saturated carbocycles. The predicted octanol–water partition coefficient (Wildman–Crippen LogP) is 5.98. The number of benzene rings is 3. The zero-order chi connectivity index (χ0) is 26.0. The Morgan fingerprint density at radius 1 is 0.972 bits per heavy atom. The van der Waals surface area contributed by atoms with Crippen molar-refractivity contribution in [1.82, 2.24) is 0 Å². The molecule has 0 aliphatic heterocycles. The lowest BCUT2D eigenvalue weighted by molar-refractivity contribution is -0.117. The quantitative estimate of drug-likeness (QED) is 0.401. The van der Waals surface area contributed by atoms with E-state index in [1.165, 1.54) is 35.4 Å². The van der Waals surface area contributed by atoms with E-state index in [1.54, 1.807) is 36.2 Å². The number of Topliss-reactive ketones (excluding diaryl/α,β-unsaturated/α-hetero) is 1. The van der Waals surface area contributed by atoms with Crippen LogP contribution in [-0.4, -0.2) is 29.9 Å². The van der Waals surface area contributed by atoms with Gasteiger partial charge in [-0.2, -0.15) is 8.78 Å². The second-order valence-electron chi connectivity index (χ2n) is 9.79. The molecule has 1 amide bonds. The average Bonchev–Trinajstić information content (AvgIpc) is 3.69. The van der Waals surface area contributed by atoms with E-state index in [9.17, 15) is 23.5 Å². The van der Waals surface area contributed by atoms with Crippen molar-refractivity contribution in [2.75, 3.05) is 11.9 Å². The Bertz CT molecular complexity index is 1250. The first kappa shape index (κ1) is 25.7. The van der Waals surface area contributed by atoms with E-state index in [0.717, 1.165) is 31.0 Å². The maximum absolute atomic E-state index is 13.9. The van der Waals surface area contributed by atoms with Gasteiger partial charge in [0.15, 0.2) is 0 Å². The summed E-state index contributed by atoms with van der Waals surface area (Å²) in [4.78, 5) is 27.4. The minimum atomic E-state index is -3.34. The summed E-state index contributed by atoms with van der Waals surface area (Å²) in [6.07, 6.45) is 0.803. The molecule has 0 heterocycles. The minimum absolute atomic E-state index is 0.0602. The molecule has 0 saturated heterocycles. The largest absolute Gasteiger partial charge is 0.387 e. The monoisotopic (exact) mass is 491 g/mol. The molecule has 4 nitrogen and oxygen atoms in total. The summed E-state index contributed by atoms with van der Waals surface area (Å²) in [6, 6.07) is 18.7. The number of alkyl halides is 2. The van der Waals surface area contributed by atoms with Crippen LogP contribution in [0.25, 0.3) is 0 Å². The Morgan fingerprint density at radius 2 is 1.53 bits per heavy atom. The van der Waals surface area contributed by atoms with E-state index in [-0.39, 0.29) is 30.1 Å². The molecule has 1 atom stereocenters. The van der Waals surface area contributed by atoms with Crippen LogP contribution < -0.4 is 4.90 Å². The maximum Gasteiger partial charge on any atom is 0.298 e. The first-order valence-corrected chi connectivity index (χ1v) is 12.2. The number of aliphatic hydroxyl groups excluding tert-OH is 1. The van der Waals surface area contributed by atoms with Gasteiger partial charge < -0.3 is 10.0 Å². The van der Waals surface area contributed by atoms with Crippen LogP contribution >= 0.6 is 0 Å². The smallest absolute Gasteiger partial charge is 0.298 e. The zero-order valence-electron chi connectivity index (χ0n) is 20.8. The highest BCUT2D eigenvalue weighted by molar-refractivity contribution is 6.06. The third-order valence-corrected chi connectivity index (χ3v) is 6.73. The summed E-state index contributed by atoms with van der Waals surface area (Å²) < 4.78 is 27.9. The second kappa shape index (κ2) is 10.3. The normalized spacial score (nSPS) is 14.4. The number of carbonyl (C=O) groups is 2. The molecule has 0 aromatic heterocycles. The molecular formula is C30H31F2NO3. The van der Waals surface area contributed by atoms with Gasteiger partial charge in [0, 0.05) is 36.7 Å².